The van der Waals surface area contributed by atoms with Crippen LogP contribution < -0.4 is 5.32 Å². The van der Waals surface area contributed by atoms with Crippen molar-refractivity contribution in [3.8, 4) is 0 Å². The van der Waals surface area contributed by atoms with Crippen molar-refractivity contribution in [2.75, 3.05) is 38.0 Å². The number of nitrogens with zero attached hydrogens (tertiary/aromatic N) is 2. The Balaban J connectivity index is 1.49. The van der Waals surface area contributed by atoms with Gasteiger partial charge in [-0.15, -0.1) is 0 Å². The molecule has 0 unspecified atom stereocenters. The van der Waals surface area contributed by atoms with Crippen molar-refractivity contribution in [2.45, 2.75) is 19.9 Å². The Morgan fingerprint density at radius 2 is 1.77 bits per heavy atom. The molecule has 1 heterocycles. The number of benzene rings is 2. The molecule has 1 saturated heterocycles. The van der Waals surface area contributed by atoms with E-state index < -0.39 is 0 Å². The highest BCUT2D eigenvalue weighted by Crippen LogP contribution is 2.17. The maximum atomic E-state index is 12.4. The first-order valence-corrected chi connectivity index (χ1v) is 10.2. The van der Waals surface area contributed by atoms with E-state index in [9.17, 15) is 4.79 Å². The maximum Gasteiger partial charge on any atom is 0.238 e. The fourth-order valence-electron chi connectivity index (χ4n) is 3.34. The van der Waals surface area contributed by atoms with E-state index in [0.29, 0.717) is 6.54 Å². The molecule has 0 spiro atoms. The highest BCUT2D eigenvalue weighted by molar-refractivity contribution is 14.1. The van der Waals surface area contributed by atoms with Gasteiger partial charge in [0.2, 0.25) is 5.91 Å². The molecule has 138 valence electrons. The van der Waals surface area contributed by atoms with Crippen LogP contribution in [0.25, 0.3) is 0 Å². The topological polar surface area (TPSA) is 35.6 Å². The van der Waals surface area contributed by atoms with E-state index in [0.717, 1.165) is 50.4 Å². The van der Waals surface area contributed by atoms with Crippen molar-refractivity contribution in [1.29, 1.82) is 0 Å². The summed E-state index contributed by atoms with van der Waals surface area (Å²) in [7, 11) is 0. The van der Waals surface area contributed by atoms with Crippen LogP contribution in [-0.2, 0) is 11.3 Å². The number of anilines is 1. The number of nitrogens with one attached hydrogen (secondary N) is 1. The monoisotopic (exact) mass is 463 g/mol. The summed E-state index contributed by atoms with van der Waals surface area (Å²) in [5.41, 5.74) is 3.37. The molecule has 4 nitrogen and oxygen atoms in total. The molecule has 3 rings (SSSR count). The largest absolute Gasteiger partial charge is 0.325 e. The minimum atomic E-state index is 0.0748. The molecule has 26 heavy (non-hydrogen) atoms. The van der Waals surface area contributed by atoms with Crippen LogP contribution in [0.3, 0.4) is 0 Å². The van der Waals surface area contributed by atoms with Crippen LogP contribution >= 0.6 is 22.6 Å². The highest BCUT2D eigenvalue weighted by Gasteiger charge is 2.17. The molecular formula is C21H26IN3O. The summed E-state index contributed by atoms with van der Waals surface area (Å²) >= 11 is 2.29. The van der Waals surface area contributed by atoms with E-state index >= 15 is 0 Å². The third kappa shape index (κ3) is 5.79. The fourth-order valence-corrected chi connectivity index (χ4v) is 3.99. The summed E-state index contributed by atoms with van der Waals surface area (Å²) in [6, 6.07) is 16.7. The summed E-state index contributed by atoms with van der Waals surface area (Å²) in [5, 5.41) is 3.06. The van der Waals surface area contributed by atoms with Gasteiger partial charge in [0.25, 0.3) is 0 Å². The van der Waals surface area contributed by atoms with Crippen LogP contribution in [0, 0.1) is 10.5 Å². The molecule has 0 saturated carbocycles. The Labute approximate surface area is 169 Å². The first-order chi connectivity index (χ1) is 12.6. The molecule has 0 atom stereocenters. The van der Waals surface area contributed by atoms with E-state index in [-0.39, 0.29) is 5.91 Å². The van der Waals surface area contributed by atoms with Gasteiger partial charge in [0, 0.05) is 28.9 Å². The zero-order chi connectivity index (χ0) is 18.4. The first-order valence-electron chi connectivity index (χ1n) is 9.15. The van der Waals surface area contributed by atoms with Gasteiger partial charge in [0.05, 0.1) is 6.54 Å². The molecule has 1 fully saturated rings. The summed E-state index contributed by atoms with van der Waals surface area (Å²) in [6.07, 6.45) is 1.10. The number of carbonyl (C=O) groups excluding carboxylic acids is 1. The van der Waals surface area contributed by atoms with Crippen LogP contribution in [0.15, 0.2) is 48.5 Å². The third-order valence-corrected chi connectivity index (χ3v) is 5.43. The van der Waals surface area contributed by atoms with Crippen LogP contribution in [-0.4, -0.2) is 48.4 Å². The van der Waals surface area contributed by atoms with Gasteiger partial charge >= 0.3 is 0 Å². The lowest BCUT2D eigenvalue weighted by Gasteiger charge is -2.21. The van der Waals surface area contributed by atoms with Gasteiger partial charge in [-0.25, -0.2) is 0 Å². The van der Waals surface area contributed by atoms with Gasteiger partial charge in [-0.2, -0.15) is 0 Å². The Morgan fingerprint density at radius 1 is 1.04 bits per heavy atom. The number of hydrogen-bond acceptors (Lipinski definition) is 3. The van der Waals surface area contributed by atoms with Crippen molar-refractivity contribution in [1.82, 2.24) is 9.80 Å². The Hall–Kier alpha value is -1.44. The van der Waals surface area contributed by atoms with Gasteiger partial charge < -0.3 is 5.32 Å². The number of carbonyl (C=O) groups is 1. The maximum absolute atomic E-state index is 12.4. The van der Waals surface area contributed by atoms with Crippen molar-refractivity contribution in [2.24, 2.45) is 0 Å². The lowest BCUT2D eigenvalue weighted by Crippen LogP contribution is -2.36. The first kappa shape index (κ1) is 19.3. The molecule has 5 heteroatoms. The molecule has 1 N–H and O–H groups in total. The van der Waals surface area contributed by atoms with E-state index in [2.05, 4.69) is 74.1 Å². The molecule has 0 aromatic heterocycles. The Morgan fingerprint density at radius 3 is 2.54 bits per heavy atom. The Kier molecular flexibility index (Phi) is 7.05. The minimum absolute atomic E-state index is 0.0748. The normalized spacial score (nSPS) is 16.2. The van der Waals surface area contributed by atoms with E-state index in [4.69, 9.17) is 0 Å². The zero-order valence-electron chi connectivity index (χ0n) is 15.2. The average Bonchev–Trinajstić information content (AvgIpc) is 2.84. The summed E-state index contributed by atoms with van der Waals surface area (Å²) in [4.78, 5) is 17.2. The van der Waals surface area contributed by atoms with E-state index in [1.807, 2.05) is 19.1 Å². The number of rotatable bonds is 5. The summed E-state index contributed by atoms with van der Waals surface area (Å²) in [6.45, 7) is 7.49. The smallest absolute Gasteiger partial charge is 0.238 e. The summed E-state index contributed by atoms with van der Waals surface area (Å²) < 4.78 is 1.18. The highest BCUT2D eigenvalue weighted by atomic mass is 127. The zero-order valence-corrected chi connectivity index (χ0v) is 17.4. The van der Waals surface area contributed by atoms with Crippen LogP contribution in [0.4, 0.5) is 5.69 Å². The van der Waals surface area contributed by atoms with Crippen molar-refractivity contribution in [3.05, 3.63) is 63.2 Å². The Bertz CT molecular complexity index is 735. The second kappa shape index (κ2) is 9.48. The molecule has 0 radical (unpaired) electrons. The van der Waals surface area contributed by atoms with Gasteiger partial charge in [0.1, 0.15) is 0 Å². The van der Waals surface area contributed by atoms with Gasteiger partial charge in [-0.1, -0.05) is 30.3 Å². The SMILES string of the molecule is Cc1cc(I)ccc1NC(=O)CN1CCCN(Cc2ccccc2)CC1. The predicted molar refractivity (Wildman–Crippen MR) is 115 cm³/mol. The van der Waals surface area contributed by atoms with Gasteiger partial charge in [-0.3, -0.25) is 14.6 Å². The lowest BCUT2D eigenvalue weighted by atomic mass is 10.2. The van der Waals surface area contributed by atoms with Gasteiger partial charge in [-0.05, 0) is 78.4 Å². The molecule has 1 aliphatic rings. The molecule has 0 aliphatic carbocycles. The minimum Gasteiger partial charge on any atom is -0.325 e. The second-order valence-electron chi connectivity index (χ2n) is 6.90. The molecule has 1 amide bonds. The van der Waals surface area contributed by atoms with Crippen molar-refractivity contribution < 1.29 is 4.79 Å². The lowest BCUT2D eigenvalue weighted by molar-refractivity contribution is -0.117. The number of aryl methyl sites for hydroxylation is 1. The van der Waals surface area contributed by atoms with E-state index in [1.165, 1.54) is 9.13 Å². The molecule has 2 aromatic rings. The van der Waals surface area contributed by atoms with E-state index in [1.54, 1.807) is 0 Å². The fraction of sp³-hybridized carbons (Fsp3) is 0.381. The van der Waals surface area contributed by atoms with Crippen LogP contribution in [0.5, 0.6) is 0 Å². The summed E-state index contributed by atoms with van der Waals surface area (Å²) in [5.74, 6) is 0.0748. The number of halogens is 1. The average molecular weight is 463 g/mol. The van der Waals surface area contributed by atoms with Crippen molar-refractivity contribution >= 4 is 34.2 Å². The van der Waals surface area contributed by atoms with Crippen molar-refractivity contribution in [3.63, 3.8) is 0 Å². The number of amides is 1. The number of hydrogen-bond donors (Lipinski definition) is 1. The van der Waals surface area contributed by atoms with Crippen LogP contribution in [0.2, 0.25) is 0 Å². The molecule has 1 aliphatic heterocycles. The predicted octanol–water partition coefficient (Wildman–Crippen LogP) is 3.75. The molecular weight excluding hydrogens is 437 g/mol. The molecule has 2 aromatic carbocycles. The standard InChI is InChI=1S/C21H26IN3O/c1-17-14-19(22)8-9-20(17)23-21(26)16-25-11-5-10-24(12-13-25)15-18-6-3-2-4-7-18/h2-4,6-9,14H,5,10-13,15-16H2,1H3,(H,23,26). The van der Waals surface area contributed by atoms with Gasteiger partial charge in [0.15, 0.2) is 0 Å². The third-order valence-electron chi connectivity index (χ3n) is 4.76. The molecule has 0 bridgehead atoms. The second-order valence-corrected chi connectivity index (χ2v) is 8.14. The quantitative estimate of drug-likeness (QED) is 0.687. The van der Waals surface area contributed by atoms with Crippen LogP contribution in [0.1, 0.15) is 17.5 Å².